The van der Waals surface area contributed by atoms with E-state index in [4.69, 9.17) is 4.98 Å². The molecule has 7 heteroatoms. The highest BCUT2D eigenvalue weighted by molar-refractivity contribution is 5.21. The lowest BCUT2D eigenvalue weighted by Crippen LogP contribution is -2.32. The number of unbranched alkanes of at least 4 members (excludes halogenated alkanes) is 1. The van der Waals surface area contributed by atoms with Crippen molar-refractivity contribution in [3.05, 3.63) is 29.1 Å². The van der Waals surface area contributed by atoms with Crippen molar-refractivity contribution < 1.29 is 0 Å². The average Bonchev–Trinajstić information content (AvgIpc) is 2.99. The minimum atomic E-state index is 0.358. The SMILES string of the molecule is CCCCn1nnnc1CN1CCc2cnc(C(C)C)nc2C1. The van der Waals surface area contributed by atoms with E-state index >= 15 is 0 Å². The smallest absolute Gasteiger partial charge is 0.165 e. The summed E-state index contributed by atoms with van der Waals surface area (Å²) in [6.07, 6.45) is 5.24. The second-order valence-electron chi connectivity index (χ2n) is 6.49. The first kappa shape index (κ1) is 16.0. The van der Waals surface area contributed by atoms with Gasteiger partial charge in [0.15, 0.2) is 5.82 Å². The number of fused-ring (bicyclic) bond motifs is 1. The molecule has 0 atom stereocenters. The fourth-order valence-electron chi connectivity index (χ4n) is 2.80. The van der Waals surface area contributed by atoms with Crippen LogP contribution in [-0.2, 0) is 26.1 Å². The van der Waals surface area contributed by atoms with Crippen molar-refractivity contribution in [2.75, 3.05) is 6.54 Å². The molecule has 0 spiro atoms. The average molecular weight is 315 g/mol. The van der Waals surface area contributed by atoms with Crippen molar-refractivity contribution in [3.8, 4) is 0 Å². The predicted octanol–water partition coefficient (Wildman–Crippen LogP) is 1.94. The summed E-state index contributed by atoms with van der Waals surface area (Å²) in [5.74, 6) is 2.23. The van der Waals surface area contributed by atoms with Gasteiger partial charge in [-0.2, -0.15) is 0 Å². The molecule has 124 valence electrons. The van der Waals surface area contributed by atoms with Gasteiger partial charge in [-0.25, -0.2) is 14.6 Å². The Morgan fingerprint density at radius 2 is 2.17 bits per heavy atom. The molecule has 0 aromatic carbocycles. The summed E-state index contributed by atoms with van der Waals surface area (Å²) in [4.78, 5) is 11.6. The Morgan fingerprint density at radius 1 is 1.30 bits per heavy atom. The monoisotopic (exact) mass is 315 g/mol. The maximum Gasteiger partial charge on any atom is 0.165 e. The van der Waals surface area contributed by atoms with Gasteiger partial charge in [0.05, 0.1) is 12.2 Å². The fourth-order valence-corrected chi connectivity index (χ4v) is 2.80. The van der Waals surface area contributed by atoms with Crippen molar-refractivity contribution in [1.82, 2.24) is 35.1 Å². The molecule has 0 bridgehead atoms. The molecule has 3 heterocycles. The normalized spacial score (nSPS) is 15.1. The Hall–Kier alpha value is -1.89. The van der Waals surface area contributed by atoms with Crippen LogP contribution in [0.25, 0.3) is 0 Å². The summed E-state index contributed by atoms with van der Waals surface area (Å²) in [5.41, 5.74) is 2.43. The molecule has 0 saturated heterocycles. The first-order valence-electron chi connectivity index (χ1n) is 8.49. The highest BCUT2D eigenvalue weighted by Gasteiger charge is 2.21. The van der Waals surface area contributed by atoms with Crippen LogP contribution >= 0.6 is 0 Å². The predicted molar refractivity (Wildman–Crippen MR) is 86.7 cm³/mol. The molecule has 1 aliphatic rings. The lowest BCUT2D eigenvalue weighted by atomic mass is 10.1. The third-order valence-corrected chi connectivity index (χ3v) is 4.25. The van der Waals surface area contributed by atoms with Crippen molar-refractivity contribution in [2.24, 2.45) is 0 Å². The minimum Gasteiger partial charge on any atom is -0.290 e. The lowest BCUT2D eigenvalue weighted by molar-refractivity contribution is 0.229. The van der Waals surface area contributed by atoms with Gasteiger partial charge in [0.2, 0.25) is 0 Å². The van der Waals surface area contributed by atoms with Crippen LogP contribution in [0.4, 0.5) is 0 Å². The summed E-state index contributed by atoms with van der Waals surface area (Å²) < 4.78 is 1.93. The molecule has 2 aromatic heterocycles. The standard InChI is InChI=1S/C16H25N7/c1-4-5-7-23-15(19-20-21-23)11-22-8-6-13-9-17-16(12(2)3)18-14(13)10-22/h9,12H,4-8,10-11H2,1-3H3. The quantitative estimate of drug-likeness (QED) is 0.811. The van der Waals surface area contributed by atoms with E-state index in [9.17, 15) is 0 Å². The van der Waals surface area contributed by atoms with Crippen molar-refractivity contribution in [1.29, 1.82) is 0 Å². The van der Waals surface area contributed by atoms with Crippen LogP contribution in [0.15, 0.2) is 6.20 Å². The summed E-state index contributed by atoms with van der Waals surface area (Å²) in [6, 6.07) is 0. The van der Waals surface area contributed by atoms with E-state index in [1.807, 2.05) is 10.9 Å². The highest BCUT2D eigenvalue weighted by atomic mass is 15.5. The molecule has 0 aliphatic carbocycles. The van der Waals surface area contributed by atoms with Gasteiger partial charge in [-0.05, 0) is 28.8 Å². The Morgan fingerprint density at radius 3 is 2.96 bits per heavy atom. The maximum atomic E-state index is 4.75. The van der Waals surface area contributed by atoms with E-state index in [1.165, 1.54) is 5.56 Å². The molecule has 0 saturated carbocycles. The zero-order chi connectivity index (χ0) is 16.2. The van der Waals surface area contributed by atoms with Gasteiger partial charge < -0.3 is 0 Å². The number of hydrogen-bond acceptors (Lipinski definition) is 6. The molecule has 2 aromatic rings. The molecule has 0 fully saturated rings. The molecule has 23 heavy (non-hydrogen) atoms. The van der Waals surface area contributed by atoms with Gasteiger partial charge >= 0.3 is 0 Å². The van der Waals surface area contributed by atoms with E-state index < -0.39 is 0 Å². The summed E-state index contributed by atoms with van der Waals surface area (Å²) in [5, 5.41) is 12.1. The molecule has 0 unspecified atom stereocenters. The summed E-state index contributed by atoms with van der Waals surface area (Å²) in [7, 11) is 0. The van der Waals surface area contributed by atoms with Gasteiger partial charge in [0.1, 0.15) is 5.82 Å². The second kappa shape index (κ2) is 7.12. The van der Waals surface area contributed by atoms with Crippen LogP contribution in [0.2, 0.25) is 0 Å². The molecule has 0 amide bonds. The molecule has 0 radical (unpaired) electrons. The Bertz CT molecular complexity index is 650. The Labute approximate surface area is 137 Å². The van der Waals surface area contributed by atoms with Gasteiger partial charge in [0, 0.05) is 31.7 Å². The number of nitrogens with zero attached hydrogens (tertiary/aromatic N) is 7. The summed E-state index contributed by atoms with van der Waals surface area (Å²) in [6.45, 7) is 9.95. The number of aromatic nitrogens is 6. The molecule has 7 nitrogen and oxygen atoms in total. The lowest BCUT2D eigenvalue weighted by Gasteiger charge is -2.27. The van der Waals surface area contributed by atoms with Gasteiger partial charge in [-0.1, -0.05) is 27.2 Å². The number of hydrogen-bond donors (Lipinski definition) is 0. The molecular formula is C16H25N7. The van der Waals surface area contributed by atoms with Crippen LogP contribution in [0.3, 0.4) is 0 Å². The zero-order valence-corrected chi connectivity index (χ0v) is 14.2. The van der Waals surface area contributed by atoms with Crippen molar-refractivity contribution in [2.45, 2.75) is 65.6 Å². The molecular weight excluding hydrogens is 290 g/mol. The van der Waals surface area contributed by atoms with Crippen molar-refractivity contribution in [3.63, 3.8) is 0 Å². The molecule has 3 rings (SSSR count). The largest absolute Gasteiger partial charge is 0.290 e. The topological polar surface area (TPSA) is 72.6 Å². The fraction of sp³-hybridized carbons (Fsp3) is 0.688. The van der Waals surface area contributed by atoms with Crippen LogP contribution in [0.5, 0.6) is 0 Å². The Balaban J connectivity index is 1.70. The van der Waals surface area contributed by atoms with E-state index in [0.717, 1.165) is 62.8 Å². The van der Waals surface area contributed by atoms with Crippen LogP contribution in [-0.4, -0.2) is 41.6 Å². The Kier molecular flexibility index (Phi) is 4.95. The van der Waals surface area contributed by atoms with E-state index in [1.54, 1.807) is 0 Å². The zero-order valence-electron chi connectivity index (χ0n) is 14.2. The molecule has 0 N–H and O–H groups in total. The van der Waals surface area contributed by atoms with Gasteiger partial charge in [-0.3, -0.25) is 4.90 Å². The summed E-state index contributed by atoms with van der Waals surface area (Å²) >= 11 is 0. The van der Waals surface area contributed by atoms with E-state index in [2.05, 4.69) is 46.2 Å². The number of rotatable bonds is 6. The first-order valence-corrected chi connectivity index (χ1v) is 8.49. The first-order chi connectivity index (χ1) is 11.2. The van der Waals surface area contributed by atoms with E-state index in [-0.39, 0.29) is 0 Å². The van der Waals surface area contributed by atoms with Gasteiger partial charge in [-0.15, -0.1) is 5.10 Å². The minimum absolute atomic E-state index is 0.358. The maximum absolute atomic E-state index is 4.75. The van der Waals surface area contributed by atoms with Gasteiger partial charge in [0.25, 0.3) is 0 Å². The van der Waals surface area contributed by atoms with E-state index in [0.29, 0.717) is 5.92 Å². The number of aryl methyl sites for hydroxylation is 1. The second-order valence-corrected chi connectivity index (χ2v) is 6.49. The third kappa shape index (κ3) is 3.72. The van der Waals surface area contributed by atoms with Crippen LogP contribution in [0, 0.1) is 0 Å². The highest BCUT2D eigenvalue weighted by Crippen LogP contribution is 2.20. The number of tetrazole rings is 1. The van der Waals surface area contributed by atoms with Crippen LogP contribution < -0.4 is 0 Å². The van der Waals surface area contributed by atoms with Crippen LogP contribution in [0.1, 0.15) is 62.4 Å². The van der Waals surface area contributed by atoms with Crippen molar-refractivity contribution >= 4 is 0 Å². The third-order valence-electron chi connectivity index (χ3n) is 4.25. The molecule has 1 aliphatic heterocycles.